The van der Waals surface area contributed by atoms with E-state index < -0.39 is 0 Å². The fraction of sp³-hybridized carbons (Fsp3) is 0.444. The molecule has 1 aromatic heterocycles. The molecule has 0 fully saturated rings. The maximum absolute atomic E-state index is 10.6. The Labute approximate surface area is 76.2 Å². The Morgan fingerprint density at radius 3 is 2.83 bits per heavy atom. The van der Waals surface area contributed by atoms with E-state index in [-0.39, 0.29) is 0 Å². The van der Waals surface area contributed by atoms with Gasteiger partial charge in [-0.05, 0) is 19.4 Å². The van der Waals surface area contributed by atoms with Crippen molar-refractivity contribution in [1.82, 2.24) is 0 Å². The number of carbonyl (C=O) groups is 1. The predicted molar refractivity (Wildman–Crippen MR) is 50.3 cm³/mol. The monoisotopic (exact) mass is 184 g/mol. The lowest BCUT2D eigenvalue weighted by Crippen LogP contribution is -1.90. The second-order valence-corrected chi connectivity index (χ2v) is 3.46. The smallest absolute Gasteiger partial charge is 0.184 e. The summed E-state index contributed by atoms with van der Waals surface area (Å²) >= 11 is 1.56. The zero-order valence-electron chi connectivity index (χ0n) is 7.29. The van der Waals surface area contributed by atoms with Crippen molar-refractivity contribution >= 4 is 17.6 Å². The first-order valence-corrected chi connectivity index (χ1v) is 4.84. The topological polar surface area (TPSA) is 26.3 Å². The van der Waals surface area contributed by atoms with Gasteiger partial charge in [-0.2, -0.15) is 0 Å². The van der Waals surface area contributed by atoms with E-state index in [2.05, 4.69) is 6.92 Å². The number of thiophene rings is 1. The SMILES string of the molecule is CCOc1sc(CC)cc1C=O. The maximum Gasteiger partial charge on any atom is 0.184 e. The number of rotatable bonds is 4. The summed E-state index contributed by atoms with van der Waals surface area (Å²) in [7, 11) is 0. The lowest BCUT2D eigenvalue weighted by molar-refractivity contribution is 0.112. The van der Waals surface area contributed by atoms with Crippen molar-refractivity contribution in [3.63, 3.8) is 0 Å². The quantitative estimate of drug-likeness (QED) is 0.672. The van der Waals surface area contributed by atoms with Gasteiger partial charge >= 0.3 is 0 Å². The van der Waals surface area contributed by atoms with E-state index in [4.69, 9.17) is 4.74 Å². The van der Waals surface area contributed by atoms with Gasteiger partial charge in [0.25, 0.3) is 0 Å². The normalized spacial score (nSPS) is 9.83. The van der Waals surface area contributed by atoms with Gasteiger partial charge in [-0.25, -0.2) is 0 Å². The Kier molecular flexibility index (Phi) is 3.29. The van der Waals surface area contributed by atoms with Crippen molar-refractivity contribution in [2.75, 3.05) is 6.61 Å². The minimum atomic E-state index is 0.616. The summed E-state index contributed by atoms with van der Waals surface area (Å²) in [5.41, 5.74) is 0.679. The highest BCUT2D eigenvalue weighted by molar-refractivity contribution is 7.14. The molecule has 66 valence electrons. The summed E-state index contributed by atoms with van der Waals surface area (Å²) in [6, 6.07) is 1.89. The molecule has 3 heteroatoms. The Morgan fingerprint density at radius 2 is 2.33 bits per heavy atom. The van der Waals surface area contributed by atoms with Gasteiger partial charge in [0, 0.05) is 4.88 Å². The average Bonchev–Trinajstić information content (AvgIpc) is 2.48. The van der Waals surface area contributed by atoms with Crippen LogP contribution in [0.5, 0.6) is 5.06 Å². The molecule has 0 aliphatic rings. The molecule has 1 rings (SSSR count). The Hall–Kier alpha value is -0.830. The molecule has 2 nitrogen and oxygen atoms in total. The summed E-state index contributed by atoms with van der Waals surface area (Å²) in [6.45, 7) is 4.60. The maximum atomic E-state index is 10.6. The van der Waals surface area contributed by atoms with Crippen LogP contribution >= 0.6 is 11.3 Å². The van der Waals surface area contributed by atoms with E-state index in [1.54, 1.807) is 11.3 Å². The third kappa shape index (κ3) is 1.85. The van der Waals surface area contributed by atoms with Crippen LogP contribution in [-0.2, 0) is 6.42 Å². The van der Waals surface area contributed by atoms with Crippen molar-refractivity contribution < 1.29 is 9.53 Å². The lowest BCUT2D eigenvalue weighted by Gasteiger charge is -1.97. The minimum absolute atomic E-state index is 0.616. The third-order valence-corrected chi connectivity index (χ3v) is 2.73. The highest BCUT2D eigenvalue weighted by Gasteiger charge is 2.07. The Morgan fingerprint density at radius 1 is 1.58 bits per heavy atom. The van der Waals surface area contributed by atoms with Crippen molar-refractivity contribution in [2.45, 2.75) is 20.3 Å². The summed E-state index contributed by atoms with van der Waals surface area (Å²) in [5, 5.41) is 0.754. The fourth-order valence-corrected chi connectivity index (χ4v) is 1.91. The molecule has 0 unspecified atom stereocenters. The van der Waals surface area contributed by atoms with Crippen LogP contribution in [-0.4, -0.2) is 12.9 Å². The molecule has 1 aromatic rings. The molecule has 0 amide bonds. The van der Waals surface area contributed by atoms with Crippen LogP contribution in [0.1, 0.15) is 29.1 Å². The van der Waals surface area contributed by atoms with E-state index in [0.29, 0.717) is 12.2 Å². The van der Waals surface area contributed by atoms with Gasteiger partial charge in [0.05, 0.1) is 12.2 Å². The first kappa shape index (κ1) is 9.26. The standard InChI is InChI=1S/C9H12O2S/c1-3-8-5-7(6-10)9(12-8)11-4-2/h5-6H,3-4H2,1-2H3. The van der Waals surface area contributed by atoms with Crippen LogP contribution < -0.4 is 4.74 Å². The average molecular weight is 184 g/mol. The van der Waals surface area contributed by atoms with E-state index in [9.17, 15) is 4.79 Å². The van der Waals surface area contributed by atoms with Crippen LogP contribution in [0.15, 0.2) is 6.07 Å². The minimum Gasteiger partial charge on any atom is -0.484 e. The van der Waals surface area contributed by atoms with Crippen molar-refractivity contribution in [3.05, 3.63) is 16.5 Å². The predicted octanol–water partition coefficient (Wildman–Crippen LogP) is 2.52. The zero-order valence-corrected chi connectivity index (χ0v) is 8.11. The molecule has 0 saturated carbocycles. The van der Waals surface area contributed by atoms with Crippen LogP contribution in [0.3, 0.4) is 0 Å². The van der Waals surface area contributed by atoms with E-state index in [0.717, 1.165) is 17.8 Å². The molecule has 0 atom stereocenters. The van der Waals surface area contributed by atoms with Crippen molar-refractivity contribution in [3.8, 4) is 5.06 Å². The van der Waals surface area contributed by atoms with Crippen LogP contribution in [0.2, 0.25) is 0 Å². The van der Waals surface area contributed by atoms with Crippen LogP contribution in [0.4, 0.5) is 0 Å². The summed E-state index contributed by atoms with van der Waals surface area (Å²) in [5.74, 6) is 0. The number of hydrogen-bond donors (Lipinski definition) is 0. The highest BCUT2D eigenvalue weighted by Crippen LogP contribution is 2.29. The number of ether oxygens (including phenoxy) is 1. The zero-order chi connectivity index (χ0) is 8.97. The van der Waals surface area contributed by atoms with Crippen molar-refractivity contribution in [1.29, 1.82) is 0 Å². The molecule has 0 aliphatic carbocycles. The van der Waals surface area contributed by atoms with Crippen LogP contribution in [0, 0.1) is 0 Å². The number of hydrogen-bond acceptors (Lipinski definition) is 3. The second kappa shape index (κ2) is 4.26. The third-order valence-electron chi connectivity index (χ3n) is 1.53. The number of aldehydes is 1. The second-order valence-electron chi connectivity index (χ2n) is 2.36. The van der Waals surface area contributed by atoms with Gasteiger partial charge in [0.2, 0.25) is 0 Å². The molecule has 0 aliphatic heterocycles. The molecule has 0 N–H and O–H groups in total. The molecule has 0 radical (unpaired) electrons. The molecular formula is C9H12O2S. The summed E-state index contributed by atoms with van der Waals surface area (Å²) < 4.78 is 5.30. The lowest BCUT2D eigenvalue weighted by atomic mass is 10.3. The Bertz CT molecular complexity index is 265. The number of carbonyl (C=O) groups excluding carboxylic acids is 1. The van der Waals surface area contributed by atoms with Gasteiger partial charge in [0.1, 0.15) is 0 Å². The van der Waals surface area contributed by atoms with Gasteiger partial charge < -0.3 is 4.74 Å². The first-order chi connectivity index (χ1) is 5.81. The van der Waals surface area contributed by atoms with E-state index in [1.807, 2.05) is 13.0 Å². The molecule has 0 saturated heterocycles. The first-order valence-electron chi connectivity index (χ1n) is 4.02. The number of aryl methyl sites for hydroxylation is 1. The molecular weight excluding hydrogens is 172 g/mol. The summed E-state index contributed by atoms with van der Waals surface area (Å²) in [6.07, 6.45) is 1.80. The molecule has 1 heterocycles. The molecule has 12 heavy (non-hydrogen) atoms. The van der Waals surface area contributed by atoms with Gasteiger partial charge in [-0.15, -0.1) is 11.3 Å². The highest BCUT2D eigenvalue weighted by atomic mass is 32.1. The van der Waals surface area contributed by atoms with E-state index in [1.165, 1.54) is 4.88 Å². The molecule has 0 aromatic carbocycles. The van der Waals surface area contributed by atoms with Gasteiger partial charge in [-0.3, -0.25) is 4.79 Å². The summed E-state index contributed by atoms with van der Waals surface area (Å²) in [4.78, 5) is 11.8. The molecule has 0 spiro atoms. The van der Waals surface area contributed by atoms with Crippen molar-refractivity contribution in [2.24, 2.45) is 0 Å². The van der Waals surface area contributed by atoms with Gasteiger partial charge in [-0.1, -0.05) is 6.92 Å². The molecule has 0 bridgehead atoms. The van der Waals surface area contributed by atoms with Crippen LogP contribution in [0.25, 0.3) is 0 Å². The van der Waals surface area contributed by atoms with Gasteiger partial charge in [0.15, 0.2) is 11.3 Å². The van der Waals surface area contributed by atoms with E-state index >= 15 is 0 Å². The largest absolute Gasteiger partial charge is 0.484 e. The Balaban J connectivity index is 2.91. The fourth-order valence-electron chi connectivity index (χ4n) is 0.940.